The van der Waals surface area contributed by atoms with E-state index in [0.717, 1.165) is 33.6 Å². The number of fused-ring (bicyclic) bond motifs is 1. The zero-order valence-corrected chi connectivity index (χ0v) is 35.5. The van der Waals surface area contributed by atoms with Crippen molar-refractivity contribution in [3.63, 3.8) is 0 Å². The van der Waals surface area contributed by atoms with Gasteiger partial charge in [0.15, 0.2) is 11.2 Å². The molecule has 7 rings (SSSR count). The molecule has 5 aromatic rings. The number of nitrogens with zero attached hydrogens (tertiary/aromatic N) is 3. The zero-order chi connectivity index (χ0) is 43.3. The molecule has 1 aromatic heterocycles. The van der Waals surface area contributed by atoms with Crippen molar-refractivity contribution in [3.8, 4) is 6.07 Å². The number of esters is 2. The number of nitriles is 1. The van der Waals surface area contributed by atoms with E-state index in [1.54, 1.807) is 0 Å². The molecule has 13 nitrogen and oxygen atoms in total. The van der Waals surface area contributed by atoms with Gasteiger partial charge in [0, 0.05) is 16.9 Å². The zero-order valence-electron chi connectivity index (χ0n) is 33.0. The van der Waals surface area contributed by atoms with Crippen LogP contribution < -0.4 is 10.6 Å². The normalized spacial score (nSPS) is 15.8. The van der Waals surface area contributed by atoms with Crippen molar-refractivity contribution in [3.05, 3.63) is 172 Å². The molecule has 2 aliphatic heterocycles. The van der Waals surface area contributed by atoms with Gasteiger partial charge in [0.25, 0.3) is 11.8 Å². The van der Waals surface area contributed by atoms with Crippen LogP contribution in [0.4, 0.5) is 9.93 Å². The summed E-state index contributed by atoms with van der Waals surface area (Å²) >= 11 is 3.73. The molecule has 3 heterocycles. The average molecular weight is 886 g/mol. The van der Waals surface area contributed by atoms with Crippen molar-refractivity contribution in [2.24, 2.45) is 0 Å². The van der Waals surface area contributed by atoms with E-state index in [0.29, 0.717) is 17.1 Å². The average Bonchev–Trinajstić information content (AvgIpc) is 3.77. The number of rotatable bonds is 17. The van der Waals surface area contributed by atoms with Crippen molar-refractivity contribution in [1.82, 2.24) is 15.2 Å². The molecule has 3 amide bonds. The number of carbonyl (C=O) groups is 5. The molecule has 2 atom stereocenters. The van der Waals surface area contributed by atoms with Gasteiger partial charge >= 0.3 is 18.0 Å². The summed E-state index contributed by atoms with van der Waals surface area (Å²) in [6, 6.07) is 37.9. The van der Waals surface area contributed by atoms with E-state index in [1.165, 1.54) is 39.9 Å². The molecule has 0 aliphatic carbocycles. The third-order valence-corrected chi connectivity index (χ3v) is 12.5. The van der Waals surface area contributed by atoms with Gasteiger partial charge in [-0.15, -0.1) is 34.9 Å². The highest BCUT2D eigenvalue weighted by Gasteiger charge is 2.54. The van der Waals surface area contributed by atoms with Crippen LogP contribution in [-0.2, 0) is 46.6 Å². The standard InChI is InChI=1S/C46H39N5O8S3/c47-23-24-60-27-34-28-61-43-38(42(54)51(43)39(34)44(55)59-40(32-17-9-3-10-18-32)33-19-11-4-12-20-33)49-41(53)35(21-22-37(52)57-25-30-13-5-1-6-14-30)36-29-62-45(48-36)50-46(56)58-26-31-15-7-2-8-16-31/h1-21,29,38,40,43H,22,24-28H2,(H,49,53)(H,48,50,56)/b35-21+. The van der Waals surface area contributed by atoms with Crippen molar-refractivity contribution in [2.75, 3.05) is 22.6 Å². The highest BCUT2D eigenvalue weighted by Crippen LogP contribution is 2.42. The molecule has 0 bridgehead atoms. The molecule has 62 heavy (non-hydrogen) atoms. The van der Waals surface area contributed by atoms with Crippen molar-refractivity contribution in [1.29, 1.82) is 5.26 Å². The van der Waals surface area contributed by atoms with E-state index in [4.69, 9.17) is 14.2 Å². The summed E-state index contributed by atoms with van der Waals surface area (Å²) in [6.45, 7) is 0.0631. The molecular formula is C46H39N5O8S3. The second-order valence-electron chi connectivity index (χ2n) is 13.8. The third-order valence-electron chi connectivity index (χ3n) is 9.56. The van der Waals surface area contributed by atoms with Gasteiger partial charge in [-0.25, -0.2) is 14.6 Å². The van der Waals surface area contributed by atoms with Crippen LogP contribution in [0.1, 0.15) is 40.5 Å². The molecule has 2 aliphatic rings. The lowest BCUT2D eigenvalue weighted by Gasteiger charge is -2.50. The lowest BCUT2D eigenvalue weighted by atomic mass is 10.0. The Balaban J connectivity index is 1.09. The quantitative estimate of drug-likeness (QED) is 0.0307. The fourth-order valence-electron chi connectivity index (χ4n) is 6.57. The number of thiazole rings is 1. The first-order valence-corrected chi connectivity index (χ1v) is 22.4. The van der Waals surface area contributed by atoms with E-state index >= 15 is 0 Å². The summed E-state index contributed by atoms with van der Waals surface area (Å²) in [5.41, 5.74) is 3.87. The summed E-state index contributed by atoms with van der Waals surface area (Å²) in [6.07, 6.45) is -0.467. The molecule has 1 saturated heterocycles. The maximum atomic E-state index is 14.3. The molecule has 0 spiro atoms. The second kappa shape index (κ2) is 21.2. The van der Waals surface area contributed by atoms with Crippen LogP contribution in [0.5, 0.6) is 0 Å². The number of hydrogen-bond acceptors (Lipinski definition) is 13. The first-order chi connectivity index (χ1) is 30.3. The molecule has 0 radical (unpaired) electrons. The van der Waals surface area contributed by atoms with Gasteiger partial charge in [0.05, 0.1) is 29.5 Å². The smallest absolute Gasteiger partial charge is 0.413 e. The summed E-state index contributed by atoms with van der Waals surface area (Å²) in [5.74, 6) is -1.73. The predicted octanol–water partition coefficient (Wildman–Crippen LogP) is 7.65. The Kier molecular flexibility index (Phi) is 14.9. The van der Waals surface area contributed by atoms with Crippen LogP contribution in [0, 0.1) is 11.3 Å². The number of aromatic nitrogens is 1. The number of thioether (sulfide) groups is 2. The molecule has 314 valence electrons. The van der Waals surface area contributed by atoms with E-state index < -0.39 is 47.4 Å². The topological polar surface area (TPSA) is 177 Å². The van der Waals surface area contributed by atoms with Crippen LogP contribution in [0.3, 0.4) is 0 Å². The van der Waals surface area contributed by atoms with Gasteiger partial charge < -0.3 is 19.5 Å². The molecule has 16 heteroatoms. The third kappa shape index (κ3) is 11.0. The van der Waals surface area contributed by atoms with Gasteiger partial charge in [-0.1, -0.05) is 127 Å². The van der Waals surface area contributed by atoms with Gasteiger partial charge in [-0.3, -0.25) is 24.6 Å². The summed E-state index contributed by atoms with van der Waals surface area (Å²) in [7, 11) is 0. The molecular weight excluding hydrogens is 847 g/mol. The Bertz CT molecular complexity index is 2460. The van der Waals surface area contributed by atoms with Crippen LogP contribution in [0.25, 0.3) is 5.57 Å². The molecule has 2 N–H and O–H groups in total. The maximum absolute atomic E-state index is 14.3. The number of hydrogen-bond donors (Lipinski definition) is 2. The van der Waals surface area contributed by atoms with Crippen LogP contribution in [0.15, 0.2) is 144 Å². The Morgan fingerprint density at radius 3 is 2.08 bits per heavy atom. The van der Waals surface area contributed by atoms with Crippen molar-refractivity contribution < 1.29 is 38.2 Å². The van der Waals surface area contributed by atoms with Crippen molar-refractivity contribution in [2.45, 2.75) is 37.2 Å². The molecule has 2 unspecified atom stereocenters. The minimum absolute atomic E-state index is 0.0307. The largest absolute Gasteiger partial charge is 0.461 e. The number of amides is 3. The van der Waals surface area contributed by atoms with E-state index in [2.05, 4.69) is 21.7 Å². The van der Waals surface area contributed by atoms with Crippen LogP contribution in [-0.4, -0.2) is 68.4 Å². The van der Waals surface area contributed by atoms with Gasteiger partial charge in [-0.2, -0.15) is 5.26 Å². The number of β-lactam (4-membered cyclic amide) rings is 1. The highest BCUT2D eigenvalue weighted by atomic mass is 32.2. The van der Waals surface area contributed by atoms with E-state index in [-0.39, 0.29) is 47.5 Å². The Morgan fingerprint density at radius 2 is 1.47 bits per heavy atom. The van der Waals surface area contributed by atoms with Crippen molar-refractivity contribution >= 4 is 75.4 Å². The van der Waals surface area contributed by atoms with E-state index in [9.17, 15) is 29.2 Å². The fourth-order valence-corrected chi connectivity index (χ4v) is 9.42. The number of nitrogens with one attached hydrogen (secondary N) is 2. The van der Waals surface area contributed by atoms with Gasteiger partial charge in [-0.05, 0) is 27.8 Å². The lowest BCUT2D eigenvalue weighted by Crippen LogP contribution is -2.70. The predicted molar refractivity (Wildman–Crippen MR) is 237 cm³/mol. The summed E-state index contributed by atoms with van der Waals surface area (Å²) < 4.78 is 17.0. The van der Waals surface area contributed by atoms with Crippen LogP contribution in [0.2, 0.25) is 0 Å². The monoisotopic (exact) mass is 885 g/mol. The SMILES string of the molecule is N#CCSCC1=C(C(=O)OC(c2ccccc2)c2ccccc2)N2C(=O)C(NC(=O)/C(=C/CC(=O)OCc3ccccc3)c3csc(NC(=O)OCc4ccccc4)n3)C2SC1. The van der Waals surface area contributed by atoms with Crippen LogP contribution >= 0.6 is 34.9 Å². The molecule has 0 saturated carbocycles. The van der Waals surface area contributed by atoms with Gasteiger partial charge in [0.1, 0.15) is 30.3 Å². The Hall–Kier alpha value is -6.67. The number of benzene rings is 4. The van der Waals surface area contributed by atoms with Gasteiger partial charge in [0.2, 0.25) is 0 Å². The number of carbonyl (C=O) groups excluding carboxylic acids is 5. The minimum Gasteiger partial charge on any atom is -0.461 e. The Morgan fingerprint density at radius 1 is 0.871 bits per heavy atom. The van der Waals surface area contributed by atoms with E-state index in [1.807, 2.05) is 121 Å². The number of ether oxygens (including phenoxy) is 3. The molecule has 4 aromatic carbocycles. The Labute approximate surface area is 370 Å². The summed E-state index contributed by atoms with van der Waals surface area (Å²) in [4.78, 5) is 73.9. The minimum atomic E-state index is -1.06. The summed E-state index contributed by atoms with van der Waals surface area (Å²) in [5, 5.41) is 15.6. The molecule has 1 fully saturated rings. The first-order valence-electron chi connectivity index (χ1n) is 19.4. The fraction of sp³-hybridized carbons (Fsp3) is 0.196. The second-order valence-corrected chi connectivity index (χ2v) is 16.7. The number of anilines is 1. The first kappa shape index (κ1) is 43.4. The lowest BCUT2D eigenvalue weighted by molar-refractivity contribution is -0.154. The highest BCUT2D eigenvalue weighted by molar-refractivity contribution is 8.01. The maximum Gasteiger partial charge on any atom is 0.413 e.